The van der Waals surface area contributed by atoms with Gasteiger partial charge in [-0.25, -0.2) is 0 Å². The highest BCUT2D eigenvalue weighted by Crippen LogP contribution is 2.04. The lowest BCUT2D eigenvalue weighted by molar-refractivity contribution is 0.132. The lowest BCUT2D eigenvalue weighted by Gasteiger charge is -1.99. The third-order valence-corrected chi connectivity index (χ3v) is 2.51. The summed E-state index contributed by atoms with van der Waals surface area (Å²) >= 11 is 0. The highest BCUT2D eigenvalue weighted by molar-refractivity contribution is 5.77. The van der Waals surface area contributed by atoms with E-state index in [-0.39, 0.29) is 0 Å². The largest absolute Gasteiger partial charge is 0.391 e. The van der Waals surface area contributed by atoms with Crippen molar-refractivity contribution in [1.82, 2.24) is 4.57 Å². The summed E-state index contributed by atoms with van der Waals surface area (Å²) in [4.78, 5) is 5.19. The van der Waals surface area contributed by atoms with E-state index in [0.29, 0.717) is 12.2 Å². The Balaban J connectivity index is 1.92. The summed E-state index contributed by atoms with van der Waals surface area (Å²) in [6.07, 6.45) is 3.35. The molecule has 4 heteroatoms. The second kappa shape index (κ2) is 5.69. The number of oxime groups is 1. The maximum absolute atomic E-state index is 8.76. The molecule has 18 heavy (non-hydrogen) atoms. The Bertz CT molecular complexity index is 579. The normalized spacial score (nSPS) is 10.4. The van der Waals surface area contributed by atoms with Gasteiger partial charge in [-0.1, -0.05) is 35.5 Å². The molecular formula is C14H13N3O. The minimum Gasteiger partial charge on any atom is -0.391 e. The van der Waals surface area contributed by atoms with Gasteiger partial charge < -0.3 is 9.40 Å². The molecule has 90 valence electrons. The first-order valence-corrected chi connectivity index (χ1v) is 5.55. The fourth-order valence-electron chi connectivity index (χ4n) is 1.55. The van der Waals surface area contributed by atoms with Crippen molar-refractivity contribution in [3.63, 3.8) is 0 Å². The topological polar surface area (TPSA) is 50.3 Å². The Hall–Kier alpha value is -2.54. The van der Waals surface area contributed by atoms with Crippen molar-refractivity contribution < 1.29 is 4.84 Å². The molecule has 2 rings (SSSR count). The smallest absolute Gasteiger partial charge is 0.142 e. The number of hydrogen-bond donors (Lipinski definition) is 0. The van der Waals surface area contributed by atoms with Gasteiger partial charge in [-0.05, 0) is 11.6 Å². The SMILES string of the molecule is Cn1cc(C#N)cc1C=NOCc1ccccc1. The summed E-state index contributed by atoms with van der Waals surface area (Å²) in [7, 11) is 1.86. The summed E-state index contributed by atoms with van der Waals surface area (Å²) in [5, 5.41) is 12.6. The van der Waals surface area contributed by atoms with Crippen LogP contribution in [0.5, 0.6) is 0 Å². The van der Waals surface area contributed by atoms with Crippen LogP contribution in [0.4, 0.5) is 0 Å². The first-order valence-electron chi connectivity index (χ1n) is 5.55. The Morgan fingerprint density at radius 3 is 2.83 bits per heavy atom. The van der Waals surface area contributed by atoms with Crippen LogP contribution in [-0.4, -0.2) is 10.8 Å². The Labute approximate surface area is 106 Å². The lowest BCUT2D eigenvalue weighted by atomic mass is 10.2. The molecular weight excluding hydrogens is 226 g/mol. The van der Waals surface area contributed by atoms with Crippen molar-refractivity contribution in [3.8, 4) is 6.07 Å². The van der Waals surface area contributed by atoms with Gasteiger partial charge in [0.15, 0.2) is 0 Å². The number of aromatic nitrogens is 1. The second-order valence-electron chi connectivity index (χ2n) is 3.87. The molecule has 1 heterocycles. The van der Waals surface area contributed by atoms with Gasteiger partial charge >= 0.3 is 0 Å². The molecule has 1 aromatic heterocycles. The molecule has 0 unspecified atom stereocenters. The van der Waals surface area contributed by atoms with Crippen LogP contribution in [0.1, 0.15) is 16.8 Å². The lowest BCUT2D eigenvalue weighted by Crippen LogP contribution is -1.93. The average Bonchev–Trinajstić information content (AvgIpc) is 2.77. The number of hydrogen-bond acceptors (Lipinski definition) is 3. The number of benzene rings is 1. The van der Waals surface area contributed by atoms with Gasteiger partial charge in [0.05, 0.1) is 17.5 Å². The Morgan fingerprint density at radius 2 is 2.17 bits per heavy atom. The van der Waals surface area contributed by atoms with Crippen LogP contribution in [0.15, 0.2) is 47.8 Å². The molecule has 4 nitrogen and oxygen atoms in total. The third-order valence-electron chi connectivity index (χ3n) is 2.51. The summed E-state index contributed by atoms with van der Waals surface area (Å²) in [5.41, 5.74) is 2.51. The number of nitriles is 1. The fourth-order valence-corrected chi connectivity index (χ4v) is 1.55. The van der Waals surface area contributed by atoms with Crippen LogP contribution in [0.25, 0.3) is 0 Å². The second-order valence-corrected chi connectivity index (χ2v) is 3.87. The van der Waals surface area contributed by atoms with Gasteiger partial charge in [-0.3, -0.25) is 0 Å². The summed E-state index contributed by atoms with van der Waals surface area (Å²) in [6.45, 7) is 0.437. The number of rotatable bonds is 4. The molecule has 0 radical (unpaired) electrons. The molecule has 0 amide bonds. The molecule has 0 atom stereocenters. The summed E-state index contributed by atoms with van der Waals surface area (Å²) in [5.74, 6) is 0. The zero-order valence-corrected chi connectivity index (χ0v) is 10.1. The maximum atomic E-state index is 8.76. The van der Waals surface area contributed by atoms with Crippen molar-refractivity contribution >= 4 is 6.21 Å². The van der Waals surface area contributed by atoms with E-state index in [1.807, 2.05) is 41.9 Å². The molecule has 0 aliphatic carbocycles. The predicted molar refractivity (Wildman–Crippen MR) is 69.0 cm³/mol. The molecule has 0 saturated heterocycles. The van der Waals surface area contributed by atoms with Crippen LogP contribution < -0.4 is 0 Å². The summed E-state index contributed by atoms with van der Waals surface area (Å²) < 4.78 is 1.83. The van der Waals surface area contributed by atoms with Crippen molar-refractivity contribution in [2.75, 3.05) is 0 Å². The molecule has 2 aromatic rings. The average molecular weight is 239 g/mol. The predicted octanol–water partition coefficient (Wildman–Crippen LogP) is 2.45. The first kappa shape index (κ1) is 11.9. The van der Waals surface area contributed by atoms with Crippen LogP contribution in [-0.2, 0) is 18.5 Å². The van der Waals surface area contributed by atoms with E-state index in [1.54, 1.807) is 18.5 Å². The van der Waals surface area contributed by atoms with Crippen LogP contribution in [0, 0.1) is 11.3 Å². The number of aryl methyl sites for hydroxylation is 1. The molecule has 1 aromatic carbocycles. The van der Waals surface area contributed by atoms with Crippen LogP contribution in [0.3, 0.4) is 0 Å². The van der Waals surface area contributed by atoms with Crippen molar-refractivity contribution in [3.05, 3.63) is 59.4 Å². The van der Waals surface area contributed by atoms with Crippen LogP contribution >= 0.6 is 0 Å². The maximum Gasteiger partial charge on any atom is 0.142 e. The van der Waals surface area contributed by atoms with E-state index < -0.39 is 0 Å². The van der Waals surface area contributed by atoms with Crippen molar-refractivity contribution in [2.45, 2.75) is 6.61 Å². The van der Waals surface area contributed by atoms with E-state index in [4.69, 9.17) is 10.1 Å². The van der Waals surface area contributed by atoms with Crippen molar-refractivity contribution in [2.24, 2.45) is 12.2 Å². The van der Waals surface area contributed by atoms with Gasteiger partial charge in [-0.15, -0.1) is 0 Å². The van der Waals surface area contributed by atoms with E-state index in [0.717, 1.165) is 11.3 Å². The van der Waals surface area contributed by atoms with Gasteiger partial charge in [0.2, 0.25) is 0 Å². The molecule has 0 aliphatic rings. The highest BCUT2D eigenvalue weighted by Gasteiger charge is 1.99. The van der Waals surface area contributed by atoms with Crippen LogP contribution in [0.2, 0.25) is 0 Å². The van der Waals surface area contributed by atoms with Gasteiger partial charge in [-0.2, -0.15) is 5.26 Å². The molecule has 0 fully saturated rings. The Kier molecular flexibility index (Phi) is 3.77. The standard InChI is InChI=1S/C14H13N3O/c1-17-10-13(8-15)7-14(17)9-16-18-11-12-5-3-2-4-6-12/h2-7,9-10H,11H2,1H3. The monoisotopic (exact) mass is 239 g/mol. The van der Waals surface area contributed by atoms with Gasteiger partial charge in [0, 0.05) is 13.2 Å². The molecule has 0 saturated carbocycles. The van der Waals surface area contributed by atoms with E-state index in [2.05, 4.69) is 11.2 Å². The van der Waals surface area contributed by atoms with Gasteiger partial charge in [0.1, 0.15) is 12.7 Å². The Morgan fingerprint density at radius 1 is 1.39 bits per heavy atom. The molecule has 0 bridgehead atoms. The minimum atomic E-state index is 0.437. The van der Waals surface area contributed by atoms with E-state index >= 15 is 0 Å². The highest BCUT2D eigenvalue weighted by atomic mass is 16.6. The zero-order chi connectivity index (χ0) is 12.8. The first-order chi connectivity index (χ1) is 8.79. The third kappa shape index (κ3) is 2.98. The van der Waals surface area contributed by atoms with Gasteiger partial charge in [0.25, 0.3) is 0 Å². The van der Waals surface area contributed by atoms with E-state index in [1.165, 1.54) is 0 Å². The van der Waals surface area contributed by atoms with Crippen molar-refractivity contribution in [1.29, 1.82) is 5.26 Å². The quantitative estimate of drug-likeness (QED) is 0.607. The summed E-state index contributed by atoms with van der Waals surface area (Å²) in [6, 6.07) is 13.7. The molecule has 0 aliphatic heterocycles. The fraction of sp³-hybridized carbons (Fsp3) is 0.143. The minimum absolute atomic E-state index is 0.437. The number of nitrogens with zero attached hydrogens (tertiary/aromatic N) is 3. The van der Waals surface area contributed by atoms with E-state index in [9.17, 15) is 0 Å². The zero-order valence-electron chi connectivity index (χ0n) is 10.1. The molecule has 0 spiro atoms. The molecule has 0 N–H and O–H groups in total.